The lowest BCUT2D eigenvalue weighted by Gasteiger charge is -2.14. The zero-order chi connectivity index (χ0) is 10.1. The van der Waals surface area contributed by atoms with Crippen LogP contribution in [0, 0.1) is 12.8 Å². The van der Waals surface area contributed by atoms with Crippen LogP contribution in [0.4, 0.5) is 0 Å². The molecule has 0 amide bonds. The number of hydrogen-bond donors (Lipinski definition) is 2. The fourth-order valence-electron chi connectivity index (χ4n) is 1.86. The second kappa shape index (κ2) is 3.71. The van der Waals surface area contributed by atoms with Gasteiger partial charge in [-0.1, -0.05) is 18.2 Å². The number of aliphatic hydroxyl groups is 1. The van der Waals surface area contributed by atoms with Crippen LogP contribution in [0.5, 0.6) is 0 Å². The van der Waals surface area contributed by atoms with Gasteiger partial charge in [0.15, 0.2) is 0 Å². The van der Waals surface area contributed by atoms with Gasteiger partial charge < -0.3 is 10.8 Å². The molecular formula is C12H17NO. The first-order valence-electron chi connectivity index (χ1n) is 5.18. The average molecular weight is 191 g/mol. The van der Waals surface area contributed by atoms with Crippen molar-refractivity contribution in [2.75, 3.05) is 0 Å². The van der Waals surface area contributed by atoms with Crippen LogP contribution in [0.2, 0.25) is 0 Å². The van der Waals surface area contributed by atoms with E-state index in [9.17, 15) is 0 Å². The second-order valence-electron chi connectivity index (χ2n) is 4.21. The van der Waals surface area contributed by atoms with Gasteiger partial charge in [-0.05, 0) is 42.4 Å². The standard InChI is InChI=1S/C12H17NO/c1-8-2-3-9(7-14)6-11(8)12(13)10-4-5-10/h2-3,6,10,12,14H,4-5,7,13H2,1H3/t12-/m1/s1. The van der Waals surface area contributed by atoms with Crippen LogP contribution in [-0.2, 0) is 6.61 Å². The molecule has 0 unspecified atom stereocenters. The molecule has 1 aromatic carbocycles. The van der Waals surface area contributed by atoms with E-state index in [0.717, 1.165) is 5.56 Å². The van der Waals surface area contributed by atoms with E-state index >= 15 is 0 Å². The van der Waals surface area contributed by atoms with E-state index in [1.54, 1.807) is 0 Å². The van der Waals surface area contributed by atoms with Crippen LogP contribution in [0.15, 0.2) is 18.2 Å². The molecule has 1 atom stereocenters. The van der Waals surface area contributed by atoms with Gasteiger partial charge in [-0.25, -0.2) is 0 Å². The van der Waals surface area contributed by atoms with E-state index < -0.39 is 0 Å². The molecule has 1 fully saturated rings. The van der Waals surface area contributed by atoms with E-state index in [4.69, 9.17) is 10.8 Å². The highest BCUT2D eigenvalue weighted by Crippen LogP contribution is 2.40. The van der Waals surface area contributed by atoms with Gasteiger partial charge in [-0.15, -0.1) is 0 Å². The average Bonchev–Trinajstić information content (AvgIpc) is 3.01. The third kappa shape index (κ3) is 1.81. The number of aliphatic hydroxyl groups excluding tert-OH is 1. The van der Waals surface area contributed by atoms with Crippen molar-refractivity contribution in [1.82, 2.24) is 0 Å². The maximum absolute atomic E-state index is 9.05. The van der Waals surface area contributed by atoms with E-state index in [1.807, 2.05) is 18.2 Å². The summed E-state index contributed by atoms with van der Waals surface area (Å²) in [6.07, 6.45) is 2.51. The third-order valence-electron chi connectivity index (χ3n) is 3.02. The Kier molecular flexibility index (Phi) is 2.57. The maximum atomic E-state index is 9.05. The van der Waals surface area contributed by atoms with Crippen molar-refractivity contribution in [2.24, 2.45) is 11.7 Å². The third-order valence-corrected chi connectivity index (χ3v) is 3.02. The molecule has 1 aliphatic carbocycles. The van der Waals surface area contributed by atoms with Gasteiger partial charge in [0.05, 0.1) is 6.61 Å². The molecule has 3 N–H and O–H groups in total. The van der Waals surface area contributed by atoms with Crippen LogP contribution >= 0.6 is 0 Å². The van der Waals surface area contributed by atoms with Gasteiger partial charge in [0.1, 0.15) is 0 Å². The van der Waals surface area contributed by atoms with Gasteiger partial charge in [-0.3, -0.25) is 0 Å². The van der Waals surface area contributed by atoms with Gasteiger partial charge >= 0.3 is 0 Å². The van der Waals surface area contributed by atoms with Gasteiger partial charge in [0, 0.05) is 6.04 Å². The van der Waals surface area contributed by atoms with Crippen molar-refractivity contribution < 1.29 is 5.11 Å². The maximum Gasteiger partial charge on any atom is 0.0681 e. The molecule has 0 bridgehead atoms. The lowest BCUT2D eigenvalue weighted by atomic mass is 9.96. The van der Waals surface area contributed by atoms with Crippen LogP contribution in [0.25, 0.3) is 0 Å². The number of benzene rings is 1. The van der Waals surface area contributed by atoms with Crippen LogP contribution in [-0.4, -0.2) is 5.11 Å². The van der Waals surface area contributed by atoms with E-state index in [2.05, 4.69) is 6.92 Å². The summed E-state index contributed by atoms with van der Waals surface area (Å²) in [6, 6.07) is 6.21. The van der Waals surface area contributed by atoms with Crippen LogP contribution < -0.4 is 5.73 Å². The quantitative estimate of drug-likeness (QED) is 0.766. The Bertz CT molecular complexity index is 331. The zero-order valence-electron chi connectivity index (χ0n) is 8.53. The van der Waals surface area contributed by atoms with E-state index in [0.29, 0.717) is 5.92 Å². The summed E-state index contributed by atoms with van der Waals surface area (Å²) in [4.78, 5) is 0. The molecule has 0 radical (unpaired) electrons. The molecule has 0 saturated heterocycles. The Morgan fingerprint density at radius 2 is 2.21 bits per heavy atom. The fourth-order valence-corrected chi connectivity index (χ4v) is 1.86. The summed E-state index contributed by atoms with van der Waals surface area (Å²) in [6.45, 7) is 2.18. The highest BCUT2D eigenvalue weighted by Gasteiger charge is 2.30. The lowest BCUT2D eigenvalue weighted by Crippen LogP contribution is -2.14. The molecule has 14 heavy (non-hydrogen) atoms. The Morgan fingerprint density at radius 1 is 1.50 bits per heavy atom. The largest absolute Gasteiger partial charge is 0.392 e. The Balaban J connectivity index is 2.29. The molecule has 2 rings (SSSR count). The first kappa shape index (κ1) is 9.69. The smallest absolute Gasteiger partial charge is 0.0681 e. The Labute approximate surface area is 84.7 Å². The summed E-state index contributed by atoms with van der Waals surface area (Å²) in [5.41, 5.74) is 9.55. The second-order valence-corrected chi connectivity index (χ2v) is 4.21. The highest BCUT2D eigenvalue weighted by atomic mass is 16.3. The molecule has 0 spiro atoms. The number of rotatable bonds is 3. The number of hydrogen-bond acceptors (Lipinski definition) is 2. The minimum Gasteiger partial charge on any atom is -0.392 e. The molecule has 2 heteroatoms. The summed E-state index contributed by atoms with van der Waals surface area (Å²) in [5, 5.41) is 9.05. The SMILES string of the molecule is Cc1ccc(CO)cc1[C@H](N)C1CC1. The summed E-state index contributed by atoms with van der Waals surface area (Å²) in [5.74, 6) is 0.669. The fraction of sp³-hybridized carbons (Fsp3) is 0.500. The van der Waals surface area contributed by atoms with Crippen LogP contribution in [0.3, 0.4) is 0 Å². The molecule has 0 aromatic heterocycles. The molecular weight excluding hydrogens is 174 g/mol. The van der Waals surface area contributed by atoms with Gasteiger partial charge in [0.2, 0.25) is 0 Å². The van der Waals surface area contributed by atoms with Crippen molar-refractivity contribution in [3.05, 3.63) is 34.9 Å². The predicted molar refractivity (Wildman–Crippen MR) is 56.8 cm³/mol. The molecule has 0 heterocycles. The van der Waals surface area contributed by atoms with Gasteiger partial charge in [-0.2, -0.15) is 0 Å². The van der Waals surface area contributed by atoms with Crippen LogP contribution in [0.1, 0.15) is 35.6 Å². The summed E-state index contributed by atoms with van der Waals surface area (Å²) in [7, 11) is 0. The molecule has 1 aromatic rings. The van der Waals surface area contributed by atoms with Gasteiger partial charge in [0.25, 0.3) is 0 Å². The number of aryl methyl sites for hydroxylation is 1. The number of nitrogens with two attached hydrogens (primary N) is 1. The minimum absolute atomic E-state index is 0.102. The molecule has 1 aliphatic rings. The first-order chi connectivity index (χ1) is 6.72. The summed E-state index contributed by atoms with van der Waals surface area (Å²) < 4.78 is 0. The Morgan fingerprint density at radius 3 is 2.79 bits per heavy atom. The Hall–Kier alpha value is -0.860. The normalized spacial score (nSPS) is 18.2. The predicted octanol–water partition coefficient (Wildman–Crippen LogP) is 1.90. The summed E-state index contributed by atoms with van der Waals surface area (Å²) >= 11 is 0. The first-order valence-corrected chi connectivity index (χ1v) is 5.18. The molecule has 1 saturated carbocycles. The highest BCUT2D eigenvalue weighted by molar-refractivity contribution is 5.34. The van der Waals surface area contributed by atoms with E-state index in [-0.39, 0.29) is 12.6 Å². The van der Waals surface area contributed by atoms with Crippen molar-refractivity contribution in [3.8, 4) is 0 Å². The molecule has 76 valence electrons. The van der Waals surface area contributed by atoms with Crippen molar-refractivity contribution in [1.29, 1.82) is 0 Å². The van der Waals surface area contributed by atoms with Crippen molar-refractivity contribution in [3.63, 3.8) is 0 Å². The monoisotopic (exact) mass is 191 g/mol. The minimum atomic E-state index is 0.102. The lowest BCUT2D eigenvalue weighted by molar-refractivity contribution is 0.281. The zero-order valence-corrected chi connectivity index (χ0v) is 8.53. The molecule has 0 aliphatic heterocycles. The molecule has 2 nitrogen and oxygen atoms in total. The van der Waals surface area contributed by atoms with Crippen molar-refractivity contribution in [2.45, 2.75) is 32.4 Å². The van der Waals surface area contributed by atoms with E-state index in [1.165, 1.54) is 24.0 Å². The topological polar surface area (TPSA) is 46.2 Å². The van der Waals surface area contributed by atoms with Crippen molar-refractivity contribution >= 4 is 0 Å².